The molecule has 0 radical (unpaired) electrons. The van der Waals surface area contributed by atoms with Gasteiger partial charge in [-0.3, -0.25) is 4.79 Å². The molecule has 24 heavy (non-hydrogen) atoms. The lowest BCUT2D eigenvalue weighted by Crippen LogP contribution is -2.31. The lowest BCUT2D eigenvalue weighted by molar-refractivity contribution is 0.0729. The molecule has 3 rings (SSSR count). The summed E-state index contributed by atoms with van der Waals surface area (Å²) in [5.41, 5.74) is 0.618. The summed E-state index contributed by atoms with van der Waals surface area (Å²) in [5.74, 6) is 1.36. The number of likely N-dealkylation sites (tertiary alicyclic amines) is 1. The summed E-state index contributed by atoms with van der Waals surface area (Å²) in [6.07, 6.45) is 5.28. The molecule has 2 heterocycles. The number of rotatable bonds is 6. The molecule has 6 heteroatoms. The minimum absolute atomic E-state index is 0.0119. The number of hydrogen-bond donors (Lipinski definition) is 0. The molecule has 126 valence electrons. The first-order chi connectivity index (χ1) is 11.8. The second kappa shape index (κ2) is 7.88. The Kier molecular flexibility index (Phi) is 5.38. The van der Waals surface area contributed by atoms with E-state index in [-0.39, 0.29) is 11.9 Å². The third-order valence-corrected chi connectivity index (χ3v) is 4.03. The van der Waals surface area contributed by atoms with Gasteiger partial charge in [0.15, 0.2) is 5.82 Å². The first kappa shape index (κ1) is 16.4. The highest BCUT2D eigenvalue weighted by molar-refractivity contribution is 5.95. The van der Waals surface area contributed by atoms with E-state index in [4.69, 9.17) is 9.47 Å². The summed E-state index contributed by atoms with van der Waals surface area (Å²) in [6, 6.07) is 8.99. The van der Waals surface area contributed by atoms with Crippen LogP contribution in [0.2, 0.25) is 0 Å². The predicted molar refractivity (Wildman–Crippen MR) is 88.9 cm³/mol. The van der Waals surface area contributed by atoms with Crippen molar-refractivity contribution in [3.8, 4) is 5.75 Å². The van der Waals surface area contributed by atoms with Crippen molar-refractivity contribution in [3.63, 3.8) is 0 Å². The number of amides is 1. The van der Waals surface area contributed by atoms with Gasteiger partial charge in [0.2, 0.25) is 0 Å². The Bertz CT molecular complexity index is 678. The van der Waals surface area contributed by atoms with Crippen LogP contribution in [0.5, 0.6) is 5.75 Å². The van der Waals surface area contributed by atoms with Gasteiger partial charge >= 0.3 is 0 Å². The molecular weight excluding hydrogens is 306 g/mol. The normalized spacial score (nSPS) is 17.0. The molecule has 0 saturated carbocycles. The molecule has 1 fully saturated rings. The molecule has 1 aromatic heterocycles. The molecule has 0 bridgehead atoms. The molecule has 1 amide bonds. The van der Waals surface area contributed by atoms with Crippen molar-refractivity contribution in [1.29, 1.82) is 0 Å². The zero-order chi connectivity index (χ0) is 16.8. The lowest BCUT2D eigenvalue weighted by atomic mass is 10.1. The Morgan fingerprint density at radius 2 is 2.08 bits per heavy atom. The molecule has 1 atom stereocenters. The molecule has 1 aliphatic rings. The van der Waals surface area contributed by atoms with Gasteiger partial charge in [0.25, 0.3) is 5.91 Å². The minimum atomic E-state index is -0.0586. The molecule has 2 aromatic rings. The number of carbonyl (C=O) groups is 1. The number of benzene rings is 1. The topological polar surface area (TPSA) is 64.6 Å². The average Bonchev–Trinajstić information content (AvgIpc) is 3.12. The third kappa shape index (κ3) is 3.71. The van der Waals surface area contributed by atoms with Crippen molar-refractivity contribution in [2.24, 2.45) is 0 Å². The molecule has 1 aliphatic heterocycles. The predicted octanol–water partition coefficient (Wildman–Crippen LogP) is 2.48. The van der Waals surface area contributed by atoms with E-state index in [9.17, 15) is 4.79 Å². The van der Waals surface area contributed by atoms with Crippen LogP contribution in [0.25, 0.3) is 0 Å². The van der Waals surface area contributed by atoms with E-state index >= 15 is 0 Å². The molecule has 0 aliphatic carbocycles. The Morgan fingerprint density at radius 1 is 1.25 bits per heavy atom. The second-order valence-electron chi connectivity index (χ2n) is 5.63. The van der Waals surface area contributed by atoms with Crippen molar-refractivity contribution >= 4 is 5.91 Å². The third-order valence-electron chi connectivity index (χ3n) is 4.03. The second-order valence-corrected chi connectivity index (χ2v) is 5.63. The van der Waals surface area contributed by atoms with Crippen molar-refractivity contribution in [2.75, 3.05) is 26.9 Å². The van der Waals surface area contributed by atoms with Crippen LogP contribution in [0.15, 0.2) is 42.7 Å². The highest BCUT2D eigenvalue weighted by atomic mass is 16.5. The maximum atomic E-state index is 12.9. The summed E-state index contributed by atoms with van der Waals surface area (Å²) >= 11 is 0. The van der Waals surface area contributed by atoms with E-state index in [0.29, 0.717) is 30.4 Å². The Labute approximate surface area is 141 Å². The summed E-state index contributed by atoms with van der Waals surface area (Å²) in [7, 11) is 1.63. The quantitative estimate of drug-likeness (QED) is 0.763. The van der Waals surface area contributed by atoms with E-state index in [1.807, 2.05) is 23.1 Å². The van der Waals surface area contributed by atoms with Crippen LogP contribution in [-0.2, 0) is 4.74 Å². The SMILES string of the molecule is COCCOc1cccc(C(=O)N2CCC[C@@H]2c2ncccn2)c1. The van der Waals surface area contributed by atoms with Crippen LogP contribution in [0.3, 0.4) is 0 Å². The minimum Gasteiger partial charge on any atom is -0.491 e. The van der Waals surface area contributed by atoms with Crippen molar-refractivity contribution in [3.05, 3.63) is 54.1 Å². The maximum absolute atomic E-state index is 12.9. The first-order valence-electron chi connectivity index (χ1n) is 8.09. The molecule has 0 unspecified atom stereocenters. The number of ether oxygens (including phenoxy) is 2. The van der Waals surface area contributed by atoms with E-state index < -0.39 is 0 Å². The van der Waals surface area contributed by atoms with Crippen LogP contribution in [0, 0.1) is 0 Å². The van der Waals surface area contributed by atoms with Gasteiger partial charge in [0.1, 0.15) is 12.4 Å². The highest BCUT2D eigenvalue weighted by Gasteiger charge is 2.32. The number of carbonyl (C=O) groups excluding carboxylic acids is 1. The Hall–Kier alpha value is -2.47. The molecular formula is C18H21N3O3. The van der Waals surface area contributed by atoms with Crippen LogP contribution < -0.4 is 4.74 Å². The van der Waals surface area contributed by atoms with Gasteiger partial charge in [-0.15, -0.1) is 0 Å². The fourth-order valence-electron chi connectivity index (χ4n) is 2.89. The zero-order valence-electron chi connectivity index (χ0n) is 13.7. The van der Waals surface area contributed by atoms with Crippen LogP contribution >= 0.6 is 0 Å². The number of hydrogen-bond acceptors (Lipinski definition) is 5. The smallest absolute Gasteiger partial charge is 0.254 e. The van der Waals surface area contributed by atoms with Crippen LogP contribution in [0.4, 0.5) is 0 Å². The lowest BCUT2D eigenvalue weighted by Gasteiger charge is -2.23. The van der Waals surface area contributed by atoms with Gasteiger partial charge in [-0.2, -0.15) is 0 Å². The van der Waals surface area contributed by atoms with Crippen molar-refractivity contribution < 1.29 is 14.3 Å². The summed E-state index contributed by atoms with van der Waals surface area (Å²) in [4.78, 5) is 23.4. The molecule has 0 N–H and O–H groups in total. The van der Waals surface area contributed by atoms with Gasteiger partial charge in [0, 0.05) is 31.6 Å². The Morgan fingerprint density at radius 3 is 2.88 bits per heavy atom. The van der Waals surface area contributed by atoms with Crippen LogP contribution in [-0.4, -0.2) is 47.6 Å². The number of aromatic nitrogens is 2. The molecule has 0 spiro atoms. The number of methoxy groups -OCH3 is 1. The van der Waals surface area contributed by atoms with Crippen molar-refractivity contribution in [1.82, 2.24) is 14.9 Å². The van der Waals surface area contributed by atoms with Crippen molar-refractivity contribution in [2.45, 2.75) is 18.9 Å². The van der Waals surface area contributed by atoms with Gasteiger partial charge in [-0.25, -0.2) is 9.97 Å². The van der Waals surface area contributed by atoms with Gasteiger partial charge in [-0.1, -0.05) is 6.07 Å². The zero-order valence-corrected chi connectivity index (χ0v) is 13.7. The van der Waals surface area contributed by atoms with E-state index in [1.165, 1.54) is 0 Å². The van der Waals surface area contributed by atoms with Crippen LogP contribution in [0.1, 0.15) is 35.1 Å². The summed E-state index contributed by atoms with van der Waals surface area (Å²) in [6.45, 7) is 1.69. The molecule has 1 aromatic carbocycles. The summed E-state index contributed by atoms with van der Waals surface area (Å²) < 4.78 is 10.6. The molecule has 6 nitrogen and oxygen atoms in total. The number of nitrogens with zero attached hydrogens (tertiary/aromatic N) is 3. The monoisotopic (exact) mass is 327 g/mol. The van der Waals surface area contributed by atoms with E-state index in [2.05, 4.69) is 9.97 Å². The first-order valence-corrected chi connectivity index (χ1v) is 8.09. The summed E-state index contributed by atoms with van der Waals surface area (Å²) in [5, 5.41) is 0. The highest BCUT2D eigenvalue weighted by Crippen LogP contribution is 2.31. The Balaban J connectivity index is 1.74. The largest absolute Gasteiger partial charge is 0.491 e. The molecule has 1 saturated heterocycles. The van der Waals surface area contributed by atoms with Gasteiger partial charge < -0.3 is 14.4 Å². The standard InChI is InChI=1S/C18H21N3O3/c1-23-11-12-24-15-6-2-5-14(13-15)18(22)21-10-3-7-16(21)17-19-8-4-9-20-17/h2,4-6,8-9,13,16H,3,7,10-12H2,1H3/t16-/m1/s1. The van der Waals surface area contributed by atoms with E-state index in [1.54, 1.807) is 31.6 Å². The van der Waals surface area contributed by atoms with E-state index in [0.717, 1.165) is 19.4 Å². The van der Waals surface area contributed by atoms with Gasteiger partial charge in [0.05, 0.1) is 12.6 Å². The fraction of sp³-hybridized carbons (Fsp3) is 0.389. The van der Waals surface area contributed by atoms with Gasteiger partial charge in [-0.05, 0) is 37.1 Å². The fourth-order valence-corrected chi connectivity index (χ4v) is 2.89. The maximum Gasteiger partial charge on any atom is 0.254 e. The average molecular weight is 327 g/mol.